The first-order valence-corrected chi connectivity index (χ1v) is 8.03. The second kappa shape index (κ2) is 5.92. The predicted molar refractivity (Wildman–Crippen MR) is 92.6 cm³/mol. The van der Waals surface area contributed by atoms with Crippen LogP contribution in [0.5, 0.6) is 0 Å². The lowest BCUT2D eigenvalue weighted by molar-refractivity contribution is 0.420. The van der Waals surface area contributed by atoms with Crippen molar-refractivity contribution in [2.75, 3.05) is 0 Å². The SMILES string of the molecule is Cc1ccccc1-c1nc(CCn2c(C)nc3ccccc32)no1. The zero-order chi connectivity index (χ0) is 16.5. The van der Waals surface area contributed by atoms with E-state index >= 15 is 0 Å². The first-order chi connectivity index (χ1) is 11.7. The maximum Gasteiger partial charge on any atom is 0.258 e. The van der Waals surface area contributed by atoms with Crippen molar-refractivity contribution in [2.45, 2.75) is 26.8 Å². The number of para-hydroxylation sites is 2. The van der Waals surface area contributed by atoms with E-state index in [-0.39, 0.29) is 0 Å². The van der Waals surface area contributed by atoms with Gasteiger partial charge in [0.1, 0.15) is 5.82 Å². The zero-order valence-electron chi connectivity index (χ0n) is 13.7. The van der Waals surface area contributed by atoms with E-state index in [1.54, 1.807) is 0 Å². The highest BCUT2D eigenvalue weighted by Crippen LogP contribution is 2.21. The molecule has 4 aromatic rings. The van der Waals surface area contributed by atoms with Crippen molar-refractivity contribution in [1.29, 1.82) is 0 Å². The average Bonchev–Trinajstić information content (AvgIpc) is 3.17. The Hall–Kier alpha value is -2.95. The lowest BCUT2D eigenvalue weighted by Crippen LogP contribution is -2.04. The van der Waals surface area contributed by atoms with Crippen LogP contribution in [0, 0.1) is 13.8 Å². The Balaban J connectivity index is 1.56. The van der Waals surface area contributed by atoms with Gasteiger partial charge in [0.2, 0.25) is 0 Å². The number of hydrogen-bond donors (Lipinski definition) is 0. The summed E-state index contributed by atoms with van der Waals surface area (Å²) in [5, 5.41) is 4.12. The quantitative estimate of drug-likeness (QED) is 0.572. The van der Waals surface area contributed by atoms with Crippen LogP contribution in [-0.4, -0.2) is 19.7 Å². The van der Waals surface area contributed by atoms with E-state index in [0.717, 1.165) is 34.5 Å². The molecule has 4 rings (SSSR count). The number of aromatic nitrogens is 4. The lowest BCUT2D eigenvalue weighted by Gasteiger charge is -2.04. The number of benzene rings is 2. The molecule has 2 aromatic heterocycles. The monoisotopic (exact) mass is 318 g/mol. The molecule has 0 unspecified atom stereocenters. The molecular weight excluding hydrogens is 300 g/mol. The van der Waals surface area contributed by atoms with E-state index < -0.39 is 0 Å². The smallest absolute Gasteiger partial charge is 0.258 e. The highest BCUT2D eigenvalue weighted by Gasteiger charge is 2.12. The first kappa shape index (κ1) is 14.6. The summed E-state index contributed by atoms with van der Waals surface area (Å²) in [5.41, 5.74) is 4.27. The van der Waals surface area contributed by atoms with Crippen LogP contribution in [0.2, 0.25) is 0 Å². The number of imidazole rings is 1. The van der Waals surface area contributed by atoms with Crippen molar-refractivity contribution in [3.05, 3.63) is 65.7 Å². The van der Waals surface area contributed by atoms with Gasteiger partial charge in [-0.25, -0.2) is 4.98 Å². The van der Waals surface area contributed by atoms with Gasteiger partial charge in [-0.2, -0.15) is 4.98 Å². The Morgan fingerprint density at radius 3 is 2.62 bits per heavy atom. The summed E-state index contributed by atoms with van der Waals surface area (Å²) in [5.74, 6) is 2.29. The summed E-state index contributed by atoms with van der Waals surface area (Å²) in [7, 11) is 0. The van der Waals surface area contributed by atoms with Crippen LogP contribution in [0.25, 0.3) is 22.5 Å². The predicted octanol–water partition coefficient (Wildman–Crippen LogP) is 3.95. The molecule has 0 bridgehead atoms. The molecule has 5 nitrogen and oxygen atoms in total. The summed E-state index contributed by atoms with van der Waals surface area (Å²) in [4.78, 5) is 9.13. The van der Waals surface area contributed by atoms with Crippen molar-refractivity contribution >= 4 is 11.0 Å². The van der Waals surface area contributed by atoms with Crippen molar-refractivity contribution in [3.63, 3.8) is 0 Å². The molecule has 0 spiro atoms. The normalized spacial score (nSPS) is 11.2. The topological polar surface area (TPSA) is 56.7 Å². The van der Waals surface area contributed by atoms with E-state index in [1.807, 2.05) is 56.3 Å². The van der Waals surface area contributed by atoms with E-state index in [4.69, 9.17) is 4.52 Å². The molecule has 0 radical (unpaired) electrons. The summed E-state index contributed by atoms with van der Waals surface area (Å²) < 4.78 is 7.63. The summed E-state index contributed by atoms with van der Waals surface area (Å²) >= 11 is 0. The highest BCUT2D eigenvalue weighted by molar-refractivity contribution is 5.75. The number of hydrogen-bond acceptors (Lipinski definition) is 4. The third kappa shape index (κ3) is 2.58. The van der Waals surface area contributed by atoms with Crippen molar-refractivity contribution in [3.8, 4) is 11.5 Å². The molecule has 5 heteroatoms. The minimum atomic E-state index is 0.579. The van der Waals surface area contributed by atoms with Gasteiger partial charge in [-0.15, -0.1) is 0 Å². The zero-order valence-corrected chi connectivity index (χ0v) is 13.7. The van der Waals surface area contributed by atoms with Crippen molar-refractivity contribution in [1.82, 2.24) is 19.7 Å². The van der Waals surface area contributed by atoms with E-state index in [1.165, 1.54) is 0 Å². The Kier molecular flexibility index (Phi) is 3.61. The molecule has 0 fully saturated rings. The average molecular weight is 318 g/mol. The molecule has 0 N–H and O–H groups in total. The molecule has 2 aromatic carbocycles. The van der Waals surface area contributed by atoms with Crippen LogP contribution in [0.1, 0.15) is 17.2 Å². The third-order valence-corrected chi connectivity index (χ3v) is 4.25. The van der Waals surface area contributed by atoms with Gasteiger partial charge in [0.15, 0.2) is 5.82 Å². The Morgan fingerprint density at radius 1 is 0.958 bits per heavy atom. The number of nitrogens with zero attached hydrogens (tertiary/aromatic N) is 4. The van der Waals surface area contributed by atoms with Gasteiger partial charge in [-0.1, -0.05) is 35.5 Å². The number of aryl methyl sites for hydroxylation is 4. The highest BCUT2D eigenvalue weighted by atomic mass is 16.5. The van der Waals surface area contributed by atoms with Gasteiger partial charge in [0.05, 0.1) is 11.0 Å². The minimum absolute atomic E-state index is 0.579. The molecule has 0 saturated heterocycles. The maximum atomic E-state index is 5.43. The third-order valence-electron chi connectivity index (χ3n) is 4.25. The second-order valence-corrected chi connectivity index (χ2v) is 5.88. The molecule has 0 aliphatic carbocycles. The van der Waals surface area contributed by atoms with Crippen LogP contribution < -0.4 is 0 Å². The van der Waals surface area contributed by atoms with E-state index in [2.05, 4.69) is 25.8 Å². The van der Waals surface area contributed by atoms with Crippen LogP contribution in [-0.2, 0) is 13.0 Å². The van der Waals surface area contributed by atoms with Crippen LogP contribution >= 0.6 is 0 Å². The molecule has 0 atom stereocenters. The molecule has 0 aliphatic heterocycles. The van der Waals surface area contributed by atoms with Gasteiger partial charge in [-0.3, -0.25) is 0 Å². The van der Waals surface area contributed by atoms with Crippen molar-refractivity contribution < 1.29 is 4.52 Å². The fourth-order valence-corrected chi connectivity index (χ4v) is 2.97. The standard InChI is InChI=1S/C19H18N4O/c1-13-7-3-4-8-15(13)19-21-18(22-24-19)11-12-23-14(2)20-16-9-5-6-10-17(16)23/h3-10H,11-12H2,1-2H3. The summed E-state index contributed by atoms with van der Waals surface area (Å²) in [6, 6.07) is 16.2. The summed E-state index contributed by atoms with van der Waals surface area (Å²) in [6.07, 6.45) is 0.705. The van der Waals surface area contributed by atoms with Crippen LogP contribution in [0.4, 0.5) is 0 Å². The van der Waals surface area contributed by atoms with Crippen LogP contribution in [0.3, 0.4) is 0 Å². The van der Waals surface area contributed by atoms with Gasteiger partial charge < -0.3 is 9.09 Å². The fourth-order valence-electron chi connectivity index (χ4n) is 2.97. The van der Waals surface area contributed by atoms with Gasteiger partial charge in [-0.05, 0) is 37.6 Å². The fraction of sp³-hybridized carbons (Fsp3) is 0.211. The molecule has 24 heavy (non-hydrogen) atoms. The molecule has 0 amide bonds. The Bertz CT molecular complexity index is 999. The molecule has 120 valence electrons. The van der Waals surface area contributed by atoms with Gasteiger partial charge >= 0.3 is 0 Å². The lowest BCUT2D eigenvalue weighted by atomic mass is 10.1. The molecule has 2 heterocycles. The van der Waals surface area contributed by atoms with Gasteiger partial charge in [0.25, 0.3) is 5.89 Å². The molecule has 0 aliphatic rings. The molecular formula is C19H18N4O. The largest absolute Gasteiger partial charge is 0.334 e. The first-order valence-electron chi connectivity index (χ1n) is 8.03. The van der Waals surface area contributed by atoms with Crippen LogP contribution in [0.15, 0.2) is 53.1 Å². The Morgan fingerprint density at radius 2 is 1.75 bits per heavy atom. The number of fused-ring (bicyclic) bond motifs is 1. The second-order valence-electron chi connectivity index (χ2n) is 5.88. The maximum absolute atomic E-state index is 5.43. The minimum Gasteiger partial charge on any atom is -0.334 e. The Labute approximate surface area is 140 Å². The summed E-state index contributed by atoms with van der Waals surface area (Å²) in [6.45, 7) is 4.84. The number of rotatable bonds is 4. The van der Waals surface area contributed by atoms with E-state index in [0.29, 0.717) is 18.1 Å². The van der Waals surface area contributed by atoms with Crippen molar-refractivity contribution in [2.24, 2.45) is 0 Å². The molecule has 0 saturated carbocycles. The van der Waals surface area contributed by atoms with Gasteiger partial charge in [0, 0.05) is 18.5 Å². The van der Waals surface area contributed by atoms with E-state index in [9.17, 15) is 0 Å².